The predicted molar refractivity (Wildman–Crippen MR) is 103 cm³/mol. The number of aldehydes is 1. The lowest BCUT2D eigenvalue weighted by Crippen LogP contribution is -2.46. The van der Waals surface area contributed by atoms with Gasteiger partial charge in [0, 0.05) is 25.2 Å². The Morgan fingerprint density at radius 2 is 2.07 bits per heavy atom. The molecule has 4 rings (SSSR count). The number of carbonyl (C=O) groups excluding carboxylic acids is 2. The number of morpholine rings is 1. The van der Waals surface area contributed by atoms with E-state index in [0.717, 1.165) is 11.8 Å². The predicted octanol–water partition coefficient (Wildman–Crippen LogP) is 2.43. The number of hydrogen-bond donors (Lipinski definition) is 1. The standard InChI is InChI=1S/C18H20FN3O5S/c1-9-4-21(5-10(2)26-9)15-11(7-23)3-13-16(14(15)19)27-20-17(13)22-6-12(8-24)28-18(22)25/h3,7,9-10,12,24H,4-6,8H2,1-2H3/t9-,10-,12-/m1/s1. The molecule has 1 aromatic heterocycles. The molecule has 1 N–H and O–H groups in total. The monoisotopic (exact) mass is 409 g/mol. The molecule has 3 heterocycles. The Morgan fingerprint density at radius 1 is 1.36 bits per heavy atom. The van der Waals surface area contributed by atoms with Crippen LogP contribution in [-0.2, 0) is 4.74 Å². The molecule has 0 bridgehead atoms. The van der Waals surface area contributed by atoms with E-state index in [2.05, 4.69) is 5.16 Å². The summed E-state index contributed by atoms with van der Waals surface area (Å²) < 4.78 is 26.3. The third-order valence-corrected chi connectivity index (χ3v) is 5.94. The van der Waals surface area contributed by atoms with Gasteiger partial charge in [-0.3, -0.25) is 14.5 Å². The number of nitrogens with zero attached hydrogens (tertiary/aromatic N) is 3. The molecule has 0 aliphatic carbocycles. The van der Waals surface area contributed by atoms with Crippen LogP contribution in [0.4, 0.5) is 20.7 Å². The molecule has 0 spiro atoms. The van der Waals surface area contributed by atoms with Gasteiger partial charge in [-0.15, -0.1) is 0 Å². The topological polar surface area (TPSA) is 96.1 Å². The Labute approximate surface area is 164 Å². The second-order valence-electron chi connectivity index (χ2n) is 7.09. The van der Waals surface area contributed by atoms with Crippen molar-refractivity contribution in [2.75, 3.05) is 36.0 Å². The zero-order chi connectivity index (χ0) is 20.0. The number of ether oxygens (including phenoxy) is 1. The van der Waals surface area contributed by atoms with Crippen LogP contribution in [0.2, 0.25) is 0 Å². The number of halogens is 1. The number of fused-ring (bicyclic) bond motifs is 1. The van der Waals surface area contributed by atoms with E-state index in [1.807, 2.05) is 13.8 Å². The van der Waals surface area contributed by atoms with E-state index >= 15 is 4.39 Å². The summed E-state index contributed by atoms with van der Waals surface area (Å²) in [4.78, 5) is 27.1. The van der Waals surface area contributed by atoms with Crippen LogP contribution in [0.3, 0.4) is 0 Å². The lowest BCUT2D eigenvalue weighted by atomic mass is 10.1. The molecule has 2 aromatic rings. The molecule has 2 aliphatic rings. The van der Waals surface area contributed by atoms with Gasteiger partial charge < -0.3 is 19.3 Å². The number of aliphatic hydroxyl groups is 1. The number of hydrogen-bond acceptors (Lipinski definition) is 8. The van der Waals surface area contributed by atoms with Crippen molar-refractivity contribution in [3.8, 4) is 0 Å². The minimum absolute atomic E-state index is 0.104. The highest BCUT2D eigenvalue weighted by Gasteiger charge is 2.36. The number of rotatable bonds is 4. The van der Waals surface area contributed by atoms with Gasteiger partial charge in [-0.25, -0.2) is 4.39 Å². The van der Waals surface area contributed by atoms with Gasteiger partial charge in [-0.2, -0.15) is 0 Å². The highest BCUT2D eigenvalue weighted by atomic mass is 32.2. The van der Waals surface area contributed by atoms with Crippen molar-refractivity contribution in [3.63, 3.8) is 0 Å². The molecule has 8 nitrogen and oxygen atoms in total. The van der Waals surface area contributed by atoms with Crippen molar-refractivity contribution in [3.05, 3.63) is 17.4 Å². The second kappa shape index (κ2) is 7.34. The molecule has 1 amide bonds. The molecule has 10 heteroatoms. The molecular formula is C18H20FN3O5S. The summed E-state index contributed by atoms with van der Waals surface area (Å²) in [7, 11) is 0. The number of benzene rings is 1. The summed E-state index contributed by atoms with van der Waals surface area (Å²) >= 11 is 0.991. The lowest BCUT2D eigenvalue weighted by molar-refractivity contribution is -0.00543. The minimum atomic E-state index is -0.683. The first kappa shape index (κ1) is 19.2. The van der Waals surface area contributed by atoms with E-state index < -0.39 is 5.82 Å². The van der Waals surface area contributed by atoms with Crippen LogP contribution in [0.1, 0.15) is 24.2 Å². The maximum atomic E-state index is 15.4. The molecule has 150 valence electrons. The van der Waals surface area contributed by atoms with Gasteiger partial charge in [0.15, 0.2) is 17.9 Å². The molecule has 2 aliphatic heterocycles. The first-order valence-corrected chi connectivity index (χ1v) is 9.87. The normalized spacial score (nSPS) is 25.7. The molecule has 0 unspecified atom stereocenters. The van der Waals surface area contributed by atoms with Crippen molar-refractivity contribution >= 4 is 45.8 Å². The fraction of sp³-hybridized carbons (Fsp3) is 0.500. The van der Waals surface area contributed by atoms with Crippen LogP contribution >= 0.6 is 11.8 Å². The molecular weight excluding hydrogens is 389 g/mol. The average Bonchev–Trinajstić information content (AvgIpc) is 3.23. The fourth-order valence-electron chi connectivity index (χ4n) is 3.79. The zero-order valence-corrected chi connectivity index (χ0v) is 16.2. The van der Waals surface area contributed by atoms with Crippen molar-refractivity contribution in [1.82, 2.24) is 5.16 Å². The van der Waals surface area contributed by atoms with Crippen LogP contribution in [0.15, 0.2) is 10.6 Å². The van der Waals surface area contributed by atoms with E-state index in [9.17, 15) is 14.7 Å². The highest BCUT2D eigenvalue weighted by molar-refractivity contribution is 8.14. The zero-order valence-electron chi connectivity index (χ0n) is 15.4. The minimum Gasteiger partial charge on any atom is -0.395 e. The quantitative estimate of drug-likeness (QED) is 0.770. The van der Waals surface area contributed by atoms with Crippen molar-refractivity contribution in [2.24, 2.45) is 0 Å². The lowest BCUT2D eigenvalue weighted by Gasteiger charge is -2.37. The summed E-state index contributed by atoms with van der Waals surface area (Å²) in [5.41, 5.74) is 0.212. The second-order valence-corrected chi connectivity index (χ2v) is 8.34. The third-order valence-electron chi connectivity index (χ3n) is 4.89. The van der Waals surface area contributed by atoms with Crippen LogP contribution in [0.25, 0.3) is 11.0 Å². The number of amides is 1. The summed E-state index contributed by atoms with van der Waals surface area (Å²) in [6, 6.07) is 1.50. The van der Waals surface area contributed by atoms with Crippen LogP contribution in [0, 0.1) is 5.82 Å². The summed E-state index contributed by atoms with van der Waals surface area (Å²) in [6.07, 6.45) is 0.368. The molecule has 1 aromatic carbocycles. The molecule has 0 radical (unpaired) electrons. The Morgan fingerprint density at radius 3 is 2.68 bits per heavy atom. The maximum absolute atomic E-state index is 15.4. The molecule has 28 heavy (non-hydrogen) atoms. The van der Waals surface area contributed by atoms with Crippen molar-refractivity contribution in [2.45, 2.75) is 31.3 Å². The van der Waals surface area contributed by atoms with Gasteiger partial charge in [-0.1, -0.05) is 16.9 Å². The highest BCUT2D eigenvalue weighted by Crippen LogP contribution is 2.39. The molecule has 2 saturated heterocycles. The first-order chi connectivity index (χ1) is 13.4. The molecule has 0 saturated carbocycles. The number of thioether (sulfide) groups is 1. The van der Waals surface area contributed by atoms with Gasteiger partial charge in [-0.05, 0) is 19.9 Å². The van der Waals surface area contributed by atoms with Crippen LogP contribution < -0.4 is 9.80 Å². The van der Waals surface area contributed by atoms with E-state index in [0.29, 0.717) is 19.4 Å². The Balaban J connectivity index is 1.79. The van der Waals surface area contributed by atoms with Gasteiger partial charge in [0.25, 0.3) is 5.24 Å². The SMILES string of the molecule is C[C@@H]1CN(c2c(C=O)cc3c(N4C[C@H](CO)SC4=O)noc3c2F)C[C@@H](C)O1. The van der Waals surface area contributed by atoms with Gasteiger partial charge in [0.05, 0.1) is 35.1 Å². The smallest absolute Gasteiger partial charge is 0.287 e. The average molecular weight is 409 g/mol. The fourth-order valence-corrected chi connectivity index (χ4v) is 4.66. The Hall–Kier alpha value is -2.17. The molecule has 3 atom stereocenters. The van der Waals surface area contributed by atoms with E-state index in [4.69, 9.17) is 9.26 Å². The summed E-state index contributed by atoms with van der Waals surface area (Å²) in [6.45, 7) is 4.73. The van der Waals surface area contributed by atoms with Crippen molar-refractivity contribution < 1.29 is 28.3 Å². The Kier molecular flexibility index (Phi) is 5.02. The van der Waals surface area contributed by atoms with Crippen LogP contribution in [0.5, 0.6) is 0 Å². The van der Waals surface area contributed by atoms with E-state index in [-0.39, 0.29) is 63.9 Å². The number of anilines is 2. The number of carbonyl (C=O) groups is 2. The van der Waals surface area contributed by atoms with Crippen LogP contribution in [-0.4, -0.2) is 65.5 Å². The van der Waals surface area contributed by atoms with E-state index in [1.165, 1.54) is 11.0 Å². The summed E-state index contributed by atoms with van der Waals surface area (Å²) in [5.74, 6) is -0.529. The van der Waals surface area contributed by atoms with Gasteiger partial charge >= 0.3 is 0 Å². The van der Waals surface area contributed by atoms with Crippen molar-refractivity contribution in [1.29, 1.82) is 0 Å². The number of aromatic nitrogens is 1. The Bertz CT molecular complexity index is 926. The van der Waals surface area contributed by atoms with Gasteiger partial charge in [0.2, 0.25) is 5.58 Å². The molecule has 2 fully saturated rings. The van der Waals surface area contributed by atoms with E-state index in [1.54, 1.807) is 4.90 Å². The first-order valence-electron chi connectivity index (χ1n) is 8.99. The maximum Gasteiger partial charge on any atom is 0.287 e. The largest absolute Gasteiger partial charge is 0.395 e. The third kappa shape index (κ3) is 3.15. The number of aliphatic hydroxyl groups excluding tert-OH is 1. The van der Waals surface area contributed by atoms with Gasteiger partial charge in [0.1, 0.15) is 0 Å². The summed E-state index contributed by atoms with van der Waals surface area (Å²) in [5, 5.41) is 12.8.